The molecule has 6 nitrogen and oxygen atoms in total. The Morgan fingerprint density at radius 1 is 1.07 bits per heavy atom. The van der Waals surface area contributed by atoms with Gasteiger partial charge in [0.15, 0.2) is 6.61 Å². The van der Waals surface area contributed by atoms with E-state index in [1.165, 1.54) is 10.4 Å². The van der Waals surface area contributed by atoms with Gasteiger partial charge in [-0.15, -0.1) is 0 Å². The molecule has 3 rings (SSSR count). The van der Waals surface area contributed by atoms with Gasteiger partial charge in [-0.1, -0.05) is 24.1 Å². The van der Waals surface area contributed by atoms with E-state index in [0.717, 1.165) is 24.8 Å². The summed E-state index contributed by atoms with van der Waals surface area (Å²) in [4.78, 5) is 12.5. The summed E-state index contributed by atoms with van der Waals surface area (Å²) in [6.07, 6.45) is 2.79. The second kappa shape index (κ2) is 9.15. The van der Waals surface area contributed by atoms with E-state index in [-0.39, 0.29) is 17.4 Å². The highest BCUT2D eigenvalue weighted by Crippen LogP contribution is 2.26. The van der Waals surface area contributed by atoms with Crippen molar-refractivity contribution in [2.75, 3.05) is 25.0 Å². The Bertz CT molecular complexity index is 1000. The lowest BCUT2D eigenvalue weighted by molar-refractivity contribution is -0.118. The number of nitrogens with zero attached hydrogens (tertiary/aromatic N) is 1. The summed E-state index contributed by atoms with van der Waals surface area (Å²) in [5.41, 5.74) is 1.91. The number of carbonyl (C=O) groups is 1. The molecule has 0 atom stereocenters. The highest BCUT2D eigenvalue weighted by atomic mass is 35.5. The number of aryl methyl sites for hydroxylation is 2. The van der Waals surface area contributed by atoms with Crippen molar-refractivity contribution >= 4 is 33.2 Å². The van der Waals surface area contributed by atoms with Crippen LogP contribution >= 0.6 is 11.6 Å². The smallest absolute Gasteiger partial charge is 0.262 e. The maximum Gasteiger partial charge on any atom is 0.262 e. The van der Waals surface area contributed by atoms with Gasteiger partial charge in [-0.3, -0.25) is 4.79 Å². The average molecular weight is 437 g/mol. The van der Waals surface area contributed by atoms with Crippen LogP contribution in [-0.4, -0.2) is 38.3 Å². The van der Waals surface area contributed by atoms with Crippen LogP contribution in [0.1, 0.15) is 30.4 Å². The minimum atomic E-state index is -3.58. The zero-order valence-electron chi connectivity index (χ0n) is 16.6. The van der Waals surface area contributed by atoms with Crippen molar-refractivity contribution in [3.8, 4) is 5.75 Å². The van der Waals surface area contributed by atoms with Gasteiger partial charge in [-0.2, -0.15) is 4.31 Å². The molecule has 8 heteroatoms. The Kier molecular flexibility index (Phi) is 6.82. The van der Waals surface area contributed by atoms with Crippen LogP contribution in [0.3, 0.4) is 0 Å². The van der Waals surface area contributed by atoms with E-state index in [2.05, 4.69) is 5.32 Å². The van der Waals surface area contributed by atoms with Gasteiger partial charge in [0, 0.05) is 23.8 Å². The monoisotopic (exact) mass is 436 g/mol. The normalized spacial score (nSPS) is 15.1. The highest BCUT2D eigenvalue weighted by molar-refractivity contribution is 7.89. The van der Waals surface area contributed by atoms with E-state index in [4.69, 9.17) is 16.3 Å². The summed E-state index contributed by atoms with van der Waals surface area (Å²) < 4.78 is 33.1. The van der Waals surface area contributed by atoms with E-state index in [1.807, 2.05) is 6.92 Å². The minimum absolute atomic E-state index is 0.190. The molecule has 0 unspecified atom stereocenters. The summed E-state index contributed by atoms with van der Waals surface area (Å²) in [5.74, 6) is 0.200. The van der Waals surface area contributed by atoms with Crippen LogP contribution in [0.15, 0.2) is 41.3 Å². The molecule has 0 radical (unpaired) electrons. The van der Waals surface area contributed by atoms with Gasteiger partial charge in [-0.25, -0.2) is 8.42 Å². The fourth-order valence-corrected chi connectivity index (χ4v) is 5.31. The Morgan fingerprint density at radius 3 is 2.48 bits per heavy atom. The summed E-state index contributed by atoms with van der Waals surface area (Å²) in [6, 6.07) is 10.1. The Labute approximate surface area is 176 Å². The average Bonchev–Trinajstić information content (AvgIpc) is 2.69. The molecule has 2 aromatic rings. The first-order valence-electron chi connectivity index (χ1n) is 9.57. The number of amides is 1. The number of rotatable bonds is 6. The van der Waals surface area contributed by atoms with Crippen LogP contribution in [0, 0.1) is 13.8 Å². The first kappa shape index (κ1) is 21.6. The van der Waals surface area contributed by atoms with E-state index < -0.39 is 10.0 Å². The van der Waals surface area contributed by atoms with E-state index in [0.29, 0.717) is 35.1 Å². The molecular formula is C21H25ClN2O4S. The lowest BCUT2D eigenvalue weighted by atomic mass is 10.2. The molecule has 0 spiro atoms. The van der Waals surface area contributed by atoms with Gasteiger partial charge in [0.1, 0.15) is 5.75 Å². The van der Waals surface area contributed by atoms with Gasteiger partial charge in [0.25, 0.3) is 5.91 Å². The number of hydrogen-bond acceptors (Lipinski definition) is 4. The molecule has 1 aliphatic rings. The van der Waals surface area contributed by atoms with Crippen LogP contribution in [0.2, 0.25) is 5.02 Å². The minimum Gasteiger partial charge on any atom is -0.483 e. The highest BCUT2D eigenvalue weighted by Gasteiger charge is 2.27. The zero-order valence-corrected chi connectivity index (χ0v) is 18.1. The predicted molar refractivity (Wildman–Crippen MR) is 114 cm³/mol. The quantitative estimate of drug-likeness (QED) is 0.738. The molecule has 156 valence electrons. The van der Waals surface area contributed by atoms with Crippen molar-refractivity contribution in [2.24, 2.45) is 0 Å². The third-order valence-corrected chi connectivity index (χ3v) is 7.18. The number of hydrogen-bond donors (Lipinski definition) is 1. The number of ether oxygens (including phenoxy) is 1. The van der Waals surface area contributed by atoms with E-state index >= 15 is 0 Å². The molecule has 1 amide bonds. The summed E-state index contributed by atoms with van der Waals surface area (Å²) in [6.45, 7) is 4.48. The van der Waals surface area contributed by atoms with Crippen molar-refractivity contribution in [3.05, 3.63) is 52.5 Å². The molecule has 2 aromatic carbocycles. The van der Waals surface area contributed by atoms with Crippen LogP contribution in [0.25, 0.3) is 0 Å². The third kappa shape index (κ3) is 5.29. The molecular weight excluding hydrogens is 412 g/mol. The van der Waals surface area contributed by atoms with Crippen molar-refractivity contribution < 1.29 is 17.9 Å². The van der Waals surface area contributed by atoms with Crippen LogP contribution < -0.4 is 10.1 Å². The maximum absolute atomic E-state index is 13.0. The first-order valence-corrected chi connectivity index (χ1v) is 11.4. The molecule has 0 aromatic heterocycles. The summed E-state index contributed by atoms with van der Waals surface area (Å²) in [7, 11) is -3.58. The fraction of sp³-hybridized carbons (Fsp3) is 0.381. The van der Waals surface area contributed by atoms with Crippen molar-refractivity contribution in [3.63, 3.8) is 0 Å². The van der Waals surface area contributed by atoms with Gasteiger partial charge in [0.05, 0.1) is 4.90 Å². The molecule has 1 heterocycles. The van der Waals surface area contributed by atoms with Crippen molar-refractivity contribution in [1.29, 1.82) is 0 Å². The van der Waals surface area contributed by atoms with Gasteiger partial charge >= 0.3 is 0 Å². The second-order valence-electron chi connectivity index (χ2n) is 7.19. The summed E-state index contributed by atoms with van der Waals surface area (Å²) in [5, 5.41) is 3.31. The SMILES string of the molecule is Cc1cc(Cl)ccc1OCC(=O)Nc1ccc(C)c(S(=O)(=O)N2CCCCC2)c1. The second-order valence-corrected chi connectivity index (χ2v) is 9.53. The Morgan fingerprint density at radius 2 is 1.79 bits per heavy atom. The Hall–Kier alpha value is -2.09. The molecule has 0 saturated carbocycles. The molecule has 29 heavy (non-hydrogen) atoms. The lowest BCUT2D eigenvalue weighted by Crippen LogP contribution is -2.36. The molecule has 0 aliphatic carbocycles. The number of halogens is 1. The fourth-order valence-electron chi connectivity index (χ4n) is 3.32. The van der Waals surface area contributed by atoms with Gasteiger partial charge in [-0.05, 0) is 68.1 Å². The van der Waals surface area contributed by atoms with E-state index in [9.17, 15) is 13.2 Å². The van der Waals surface area contributed by atoms with Crippen LogP contribution in [-0.2, 0) is 14.8 Å². The molecule has 1 aliphatic heterocycles. The number of piperidine rings is 1. The number of carbonyl (C=O) groups excluding carboxylic acids is 1. The topological polar surface area (TPSA) is 75.7 Å². The maximum atomic E-state index is 13.0. The van der Waals surface area contributed by atoms with E-state index in [1.54, 1.807) is 37.3 Å². The number of anilines is 1. The third-order valence-electron chi connectivity index (χ3n) is 4.90. The Balaban J connectivity index is 1.69. The van der Waals surface area contributed by atoms with Crippen LogP contribution in [0.5, 0.6) is 5.75 Å². The van der Waals surface area contributed by atoms with Gasteiger partial charge < -0.3 is 10.1 Å². The zero-order chi connectivity index (χ0) is 21.0. The number of nitrogens with one attached hydrogen (secondary N) is 1. The molecule has 1 fully saturated rings. The number of benzene rings is 2. The molecule has 0 bridgehead atoms. The lowest BCUT2D eigenvalue weighted by Gasteiger charge is -2.26. The summed E-state index contributed by atoms with van der Waals surface area (Å²) >= 11 is 5.92. The van der Waals surface area contributed by atoms with Crippen LogP contribution in [0.4, 0.5) is 5.69 Å². The first-order chi connectivity index (χ1) is 13.8. The molecule has 1 N–H and O–H groups in total. The standard InChI is InChI=1S/C21H25ClN2O4S/c1-15-6-8-18(13-20(15)29(26,27)24-10-4-3-5-11-24)23-21(25)14-28-19-9-7-17(22)12-16(19)2/h6-9,12-13H,3-5,10-11,14H2,1-2H3,(H,23,25). The largest absolute Gasteiger partial charge is 0.483 e. The van der Waals surface area contributed by atoms with Gasteiger partial charge in [0.2, 0.25) is 10.0 Å². The van der Waals surface area contributed by atoms with Crippen molar-refractivity contribution in [2.45, 2.75) is 38.0 Å². The predicted octanol–water partition coefficient (Wildman–Crippen LogP) is 4.15. The van der Waals surface area contributed by atoms with Crippen molar-refractivity contribution in [1.82, 2.24) is 4.31 Å². The molecule has 1 saturated heterocycles. The number of sulfonamides is 1.